The van der Waals surface area contributed by atoms with Crippen molar-refractivity contribution < 1.29 is 4.42 Å². The molecule has 106 valence electrons. The first kappa shape index (κ1) is 13.2. The summed E-state index contributed by atoms with van der Waals surface area (Å²) < 4.78 is 5.92. The molecular formula is C17H27NO. The van der Waals surface area contributed by atoms with Crippen molar-refractivity contribution in [1.29, 1.82) is 0 Å². The number of hydrogen-bond donors (Lipinski definition) is 1. The van der Waals surface area contributed by atoms with Crippen molar-refractivity contribution in [2.75, 3.05) is 6.54 Å². The van der Waals surface area contributed by atoms with Crippen LogP contribution < -0.4 is 5.32 Å². The van der Waals surface area contributed by atoms with Crippen LogP contribution in [0.3, 0.4) is 0 Å². The van der Waals surface area contributed by atoms with Crippen LogP contribution in [-0.2, 0) is 6.54 Å². The number of furan rings is 1. The Bertz CT molecular complexity index is 403. The Morgan fingerprint density at radius 3 is 2.58 bits per heavy atom. The van der Waals surface area contributed by atoms with Gasteiger partial charge in [-0.2, -0.15) is 0 Å². The maximum absolute atomic E-state index is 5.92. The Morgan fingerprint density at radius 1 is 1.16 bits per heavy atom. The molecule has 0 amide bonds. The van der Waals surface area contributed by atoms with Gasteiger partial charge in [0.15, 0.2) is 0 Å². The van der Waals surface area contributed by atoms with Crippen molar-refractivity contribution in [2.24, 2.45) is 17.8 Å². The molecular weight excluding hydrogens is 234 g/mol. The number of nitrogens with one attached hydrogen (secondary N) is 1. The van der Waals surface area contributed by atoms with Crippen molar-refractivity contribution in [3.63, 3.8) is 0 Å². The minimum absolute atomic E-state index is 0.702. The third-order valence-corrected chi connectivity index (χ3v) is 5.03. The van der Waals surface area contributed by atoms with E-state index in [2.05, 4.69) is 31.3 Å². The summed E-state index contributed by atoms with van der Waals surface area (Å²) in [5.74, 6) is 5.68. The van der Waals surface area contributed by atoms with Crippen molar-refractivity contribution >= 4 is 0 Å². The smallest absolute Gasteiger partial charge is 0.117 e. The average Bonchev–Trinajstić information content (AvgIpc) is 2.96. The highest BCUT2D eigenvalue weighted by Gasteiger charge is 2.36. The van der Waals surface area contributed by atoms with Gasteiger partial charge in [0.1, 0.15) is 11.5 Å². The fourth-order valence-electron chi connectivity index (χ4n) is 3.34. The van der Waals surface area contributed by atoms with Crippen molar-refractivity contribution in [3.8, 4) is 0 Å². The molecule has 2 heteroatoms. The van der Waals surface area contributed by atoms with Crippen LogP contribution in [-0.4, -0.2) is 6.54 Å². The summed E-state index contributed by atoms with van der Waals surface area (Å²) in [6, 6.07) is 4.32. The molecule has 19 heavy (non-hydrogen) atoms. The van der Waals surface area contributed by atoms with E-state index in [1.165, 1.54) is 37.9 Å². The molecule has 1 aromatic rings. The highest BCUT2D eigenvalue weighted by atomic mass is 16.3. The highest BCUT2D eigenvalue weighted by Crippen LogP contribution is 2.47. The molecule has 1 heterocycles. The quantitative estimate of drug-likeness (QED) is 0.854. The molecule has 0 radical (unpaired) electrons. The monoisotopic (exact) mass is 261 g/mol. The average molecular weight is 261 g/mol. The molecule has 2 unspecified atom stereocenters. The molecule has 2 saturated carbocycles. The van der Waals surface area contributed by atoms with E-state index in [1.807, 2.05) is 0 Å². The van der Waals surface area contributed by atoms with Crippen LogP contribution in [0, 0.1) is 17.8 Å². The lowest BCUT2D eigenvalue weighted by Gasteiger charge is -2.26. The molecule has 1 N–H and O–H groups in total. The molecule has 0 bridgehead atoms. The van der Waals surface area contributed by atoms with Gasteiger partial charge in [-0.1, -0.05) is 26.7 Å². The normalized spacial score (nSPS) is 34.4. The van der Waals surface area contributed by atoms with Crippen LogP contribution >= 0.6 is 0 Å². The Morgan fingerprint density at radius 2 is 1.89 bits per heavy atom. The summed E-state index contributed by atoms with van der Waals surface area (Å²) >= 11 is 0. The maximum atomic E-state index is 5.92. The zero-order chi connectivity index (χ0) is 13.2. The van der Waals surface area contributed by atoms with Gasteiger partial charge in [-0.05, 0) is 55.7 Å². The predicted molar refractivity (Wildman–Crippen MR) is 78.1 cm³/mol. The summed E-state index contributed by atoms with van der Waals surface area (Å²) in [6.45, 7) is 6.73. The van der Waals surface area contributed by atoms with Gasteiger partial charge in [0.25, 0.3) is 0 Å². The molecule has 2 atom stereocenters. The Kier molecular flexibility index (Phi) is 3.97. The molecule has 0 saturated heterocycles. The van der Waals surface area contributed by atoms with Crippen molar-refractivity contribution in [1.82, 2.24) is 5.32 Å². The lowest BCUT2D eigenvalue weighted by atomic mass is 9.83. The molecule has 3 rings (SSSR count). The van der Waals surface area contributed by atoms with E-state index >= 15 is 0 Å². The first-order valence-corrected chi connectivity index (χ1v) is 8.01. The van der Waals surface area contributed by atoms with E-state index in [4.69, 9.17) is 4.42 Å². The minimum Gasteiger partial charge on any atom is -0.464 e. The summed E-state index contributed by atoms with van der Waals surface area (Å²) in [5, 5.41) is 3.58. The van der Waals surface area contributed by atoms with Gasteiger partial charge in [0, 0.05) is 5.92 Å². The first-order valence-electron chi connectivity index (χ1n) is 8.01. The molecule has 1 aromatic heterocycles. The standard InChI is InChI=1S/C17H27NO/c1-12-3-5-14(6-4-12)10-18-11-15-7-8-17(19-15)16-9-13(16)2/h7-8,12-14,16,18H,3-6,9-11H2,1-2H3. The zero-order valence-corrected chi connectivity index (χ0v) is 12.3. The Hall–Kier alpha value is -0.760. The van der Waals surface area contributed by atoms with Gasteiger partial charge < -0.3 is 9.73 Å². The first-order chi connectivity index (χ1) is 9.22. The van der Waals surface area contributed by atoms with E-state index in [0.717, 1.165) is 36.6 Å². The van der Waals surface area contributed by atoms with E-state index in [-0.39, 0.29) is 0 Å². The molecule has 2 fully saturated rings. The fourth-order valence-corrected chi connectivity index (χ4v) is 3.34. The van der Waals surface area contributed by atoms with Crippen molar-refractivity contribution in [2.45, 2.75) is 58.4 Å². The maximum Gasteiger partial charge on any atom is 0.117 e. The Labute approximate surface area is 117 Å². The van der Waals surface area contributed by atoms with Crippen LogP contribution in [0.5, 0.6) is 0 Å². The fraction of sp³-hybridized carbons (Fsp3) is 0.765. The van der Waals surface area contributed by atoms with Crippen LogP contribution in [0.15, 0.2) is 16.5 Å². The lowest BCUT2D eigenvalue weighted by Crippen LogP contribution is -2.25. The van der Waals surface area contributed by atoms with Gasteiger partial charge >= 0.3 is 0 Å². The molecule has 2 nitrogen and oxygen atoms in total. The lowest BCUT2D eigenvalue weighted by molar-refractivity contribution is 0.279. The van der Waals surface area contributed by atoms with E-state index in [0.29, 0.717) is 5.92 Å². The van der Waals surface area contributed by atoms with Gasteiger partial charge in [0.05, 0.1) is 6.54 Å². The third-order valence-electron chi connectivity index (χ3n) is 5.03. The summed E-state index contributed by atoms with van der Waals surface area (Å²) in [5.41, 5.74) is 0. The SMILES string of the molecule is CC1CCC(CNCc2ccc(C3CC3C)o2)CC1. The van der Waals surface area contributed by atoms with Crippen LogP contribution in [0.25, 0.3) is 0 Å². The molecule has 0 aliphatic heterocycles. The van der Waals surface area contributed by atoms with Gasteiger partial charge in [-0.25, -0.2) is 0 Å². The second-order valence-electron chi connectivity index (χ2n) is 6.88. The highest BCUT2D eigenvalue weighted by molar-refractivity contribution is 5.17. The molecule has 0 aromatic carbocycles. The summed E-state index contributed by atoms with van der Waals surface area (Å²) in [4.78, 5) is 0. The van der Waals surface area contributed by atoms with Crippen LogP contribution in [0.2, 0.25) is 0 Å². The minimum atomic E-state index is 0.702. The van der Waals surface area contributed by atoms with Crippen LogP contribution in [0.1, 0.15) is 63.4 Å². The van der Waals surface area contributed by atoms with E-state index < -0.39 is 0 Å². The third kappa shape index (κ3) is 3.42. The second kappa shape index (κ2) is 5.70. The van der Waals surface area contributed by atoms with Gasteiger partial charge in [-0.15, -0.1) is 0 Å². The predicted octanol–water partition coefficient (Wildman–Crippen LogP) is 4.32. The van der Waals surface area contributed by atoms with E-state index in [9.17, 15) is 0 Å². The Balaban J connectivity index is 1.39. The van der Waals surface area contributed by atoms with Crippen LogP contribution in [0.4, 0.5) is 0 Å². The summed E-state index contributed by atoms with van der Waals surface area (Å²) in [7, 11) is 0. The second-order valence-corrected chi connectivity index (χ2v) is 6.88. The molecule has 2 aliphatic rings. The summed E-state index contributed by atoms with van der Waals surface area (Å²) in [6.07, 6.45) is 6.93. The van der Waals surface area contributed by atoms with Gasteiger partial charge in [0.2, 0.25) is 0 Å². The van der Waals surface area contributed by atoms with Gasteiger partial charge in [-0.3, -0.25) is 0 Å². The topological polar surface area (TPSA) is 25.2 Å². The number of rotatable bonds is 5. The number of hydrogen-bond acceptors (Lipinski definition) is 2. The van der Waals surface area contributed by atoms with Crippen molar-refractivity contribution in [3.05, 3.63) is 23.7 Å². The molecule has 2 aliphatic carbocycles. The van der Waals surface area contributed by atoms with E-state index in [1.54, 1.807) is 0 Å². The zero-order valence-electron chi connectivity index (χ0n) is 12.3. The largest absolute Gasteiger partial charge is 0.464 e. The molecule has 0 spiro atoms.